The predicted molar refractivity (Wildman–Crippen MR) is 109 cm³/mol. The van der Waals surface area contributed by atoms with Crippen molar-refractivity contribution in [3.63, 3.8) is 0 Å². The molecule has 1 fully saturated rings. The summed E-state index contributed by atoms with van der Waals surface area (Å²) >= 11 is 0. The third kappa shape index (κ3) is 3.92. The number of piperazine rings is 1. The third-order valence-electron chi connectivity index (χ3n) is 5.22. The van der Waals surface area contributed by atoms with Crippen LogP contribution in [-0.4, -0.2) is 61.5 Å². The van der Waals surface area contributed by atoms with Gasteiger partial charge in [-0.3, -0.25) is 4.79 Å². The topological polar surface area (TPSA) is 103 Å². The molecule has 2 aromatic rings. The second-order valence-electron chi connectivity index (χ2n) is 7.07. The molecule has 2 aromatic carbocycles. The van der Waals surface area contributed by atoms with Gasteiger partial charge >= 0.3 is 0 Å². The number of carbonyl (C=O) groups excluding carboxylic acids is 1. The first-order valence-corrected chi connectivity index (χ1v) is 11.0. The number of rotatable bonds is 4. The zero-order valence-electron chi connectivity index (χ0n) is 16.1. The smallest absolute Gasteiger partial charge is 0.266 e. The largest absolute Gasteiger partial charge is 0.382 e. The fourth-order valence-electron chi connectivity index (χ4n) is 3.51. The highest BCUT2D eigenvalue weighted by Crippen LogP contribution is 2.21. The van der Waals surface area contributed by atoms with Crippen molar-refractivity contribution in [2.24, 2.45) is 5.16 Å². The Bertz CT molecular complexity index is 1100. The quantitative estimate of drug-likeness (QED) is 0.741. The van der Waals surface area contributed by atoms with E-state index in [1.165, 1.54) is 28.6 Å². The van der Waals surface area contributed by atoms with Gasteiger partial charge in [-0.2, -0.15) is 9.57 Å². The molecule has 2 aliphatic rings. The lowest BCUT2D eigenvalue weighted by Gasteiger charge is -2.34. The lowest BCUT2D eigenvalue weighted by Crippen LogP contribution is -2.52. The van der Waals surface area contributed by atoms with Crippen LogP contribution in [0.25, 0.3) is 0 Å². The maximum Gasteiger partial charge on any atom is 0.266 e. The first kappa shape index (κ1) is 20.1. The maximum absolute atomic E-state index is 12.8. The Morgan fingerprint density at radius 3 is 2.33 bits per heavy atom. The molecule has 1 amide bonds. The molecule has 0 aromatic heterocycles. The number of carbonyl (C=O) groups is 1. The van der Waals surface area contributed by atoms with E-state index in [4.69, 9.17) is 10.1 Å². The van der Waals surface area contributed by atoms with E-state index in [-0.39, 0.29) is 37.0 Å². The molecular formula is C21H20N4O4S. The van der Waals surface area contributed by atoms with Crippen LogP contribution in [0.5, 0.6) is 0 Å². The Kier molecular flexibility index (Phi) is 5.53. The van der Waals surface area contributed by atoms with Crippen LogP contribution >= 0.6 is 0 Å². The van der Waals surface area contributed by atoms with E-state index in [2.05, 4.69) is 5.16 Å². The normalized spacial score (nSPS) is 19.6. The van der Waals surface area contributed by atoms with Crippen LogP contribution in [0.1, 0.15) is 17.5 Å². The van der Waals surface area contributed by atoms with Gasteiger partial charge in [-0.15, -0.1) is 0 Å². The van der Waals surface area contributed by atoms with Crippen LogP contribution in [0, 0.1) is 11.3 Å². The standard InChI is InChI=1S/C21H20N4O4S/c22-15-16-6-8-18(9-7-16)30(27,28)25-12-10-24(11-13-25)21(26)20-14-19(23-29-20)17-4-2-1-3-5-17/h1-9,20H,10-14H2. The number of benzene rings is 2. The van der Waals surface area contributed by atoms with Gasteiger partial charge in [0.15, 0.2) is 0 Å². The van der Waals surface area contributed by atoms with Gasteiger partial charge in [0.2, 0.25) is 16.1 Å². The summed E-state index contributed by atoms with van der Waals surface area (Å²) in [6, 6.07) is 17.3. The minimum absolute atomic E-state index is 0.140. The Balaban J connectivity index is 1.35. The molecule has 154 valence electrons. The zero-order chi connectivity index (χ0) is 21.1. The van der Waals surface area contributed by atoms with Crippen LogP contribution in [0.2, 0.25) is 0 Å². The summed E-state index contributed by atoms with van der Waals surface area (Å²) in [5.74, 6) is -0.180. The molecular weight excluding hydrogens is 404 g/mol. The van der Waals surface area contributed by atoms with Crippen molar-refractivity contribution in [1.29, 1.82) is 5.26 Å². The Hall–Kier alpha value is -3.22. The third-order valence-corrected chi connectivity index (χ3v) is 7.14. The van der Waals surface area contributed by atoms with Gasteiger partial charge in [0.25, 0.3) is 5.91 Å². The SMILES string of the molecule is N#Cc1ccc(S(=O)(=O)N2CCN(C(=O)C3CC(c4ccccc4)=NO3)CC2)cc1. The van der Waals surface area contributed by atoms with Gasteiger partial charge in [0.05, 0.1) is 22.2 Å². The molecule has 30 heavy (non-hydrogen) atoms. The predicted octanol–water partition coefficient (Wildman–Crippen LogP) is 1.58. The first-order valence-electron chi connectivity index (χ1n) is 9.56. The van der Waals surface area contributed by atoms with Gasteiger partial charge < -0.3 is 9.74 Å². The Morgan fingerprint density at radius 1 is 1.03 bits per heavy atom. The highest BCUT2D eigenvalue weighted by atomic mass is 32.2. The van der Waals surface area contributed by atoms with E-state index in [1.807, 2.05) is 36.4 Å². The molecule has 0 aliphatic carbocycles. The molecule has 0 radical (unpaired) electrons. The van der Waals surface area contributed by atoms with Gasteiger partial charge in [0.1, 0.15) is 0 Å². The summed E-state index contributed by atoms with van der Waals surface area (Å²) in [7, 11) is -3.67. The minimum atomic E-state index is -3.67. The van der Waals surface area contributed by atoms with Crippen LogP contribution < -0.4 is 0 Å². The number of amides is 1. The van der Waals surface area contributed by atoms with E-state index < -0.39 is 16.1 Å². The molecule has 9 heteroatoms. The molecule has 2 heterocycles. The zero-order valence-corrected chi connectivity index (χ0v) is 17.0. The number of nitriles is 1. The van der Waals surface area contributed by atoms with Crippen molar-refractivity contribution < 1.29 is 18.0 Å². The summed E-state index contributed by atoms with van der Waals surface area (Å²) in [5.41, 5.74) is 2.06. The molecule has 0 spiro atoms. The summed E-state index contributed by atoms with van der Waals surface area (Å²) in [6.45, 7) is 0.976. The van der Waals surface area contributed by atoms with Gasteiger partial charge in [-0.1, -0.05) is 35.5 Å². The summed E-state index contributed by atoms with van der Waals surface area (Å²) in [6.07, 6.45) is -0.283. The van der Waals surface area contributed by atoms with Gasteiger partial charge in [-0.05, 0) is 29.8 Å². The molecule has 1 saturated heterocycles. The van der Waals surface area contributed by atoms with Crippen molar-refractivity contribution in [1.82, 2.24) is 9.21 Å². The van der Waals surface area contributed by atoms with Crippen LogP contribution in [0.15, 0.2) is 64.6 Å². The minimum Gasteiger partial charge on any atom is -0.382 e. The highest BCUT2D eigenvalue weighted by Gasteiger charge is 2.36. The number of oxime groups is 1. The molecule has 8 nitrogen and oxygen atoms in total. The Morgan fingerprint density at radius 2 is 1.70 bits per heavy atom. The lowest BCUT2D eigenvalue weighted by atomic mass is 10.0. The monoisotopic (exact) mass is 424 g/mol. The van der Waals surface area contributed by atoms with Gasteiger partial charge in [-0.25, -0.2) is 8.42 Å². The summed E-state index contributed by atoms with van der Waals surface area (Å²) < 4.78 is 27.0. The van der Waals surface area contributed by atoms with E-state index >= 15 is 0 Å². The summed E-state index contributed by atoms with van der Waals surface area (Å²) in [5, 5.41) is 12.9. The fraction of sp³-hybridized carbons (Fsp3) is 0.286. The molecule has 4 rings (SSSR count). The number of hydrogen-bond acceptors (Lipinski definition) is 6. The average molecular weight is 424 g/mol. The van der Waals surface area contributed by atoms with Crippen LogP contribution in [0.3, 0.4) is 0 Å². The van der Waals surface area contributed by atoms with E-state index in [0.29, 0.717) is 12.0 Å². The van der Waals surface area contributed by atoms with Gasteiger partial charge in [0, 0.05) is 32.6 Å². The van der Waals surface area contributed by atoms with Crippen LogP contribution in [-0.2, 0) is 19.7 Å². The lowest BCUT2D eigenvalue weighted by molar-refractivity contribution is -0.143. The van der Waals surface area contributed by atoms with Crippen molar-refractivity contribution in [2.45, 2.75) is 17.4 Å². The molecule has 0 N–H and O–H groups in total. The molecule has 2 aliphatic heterocycles. The second kappa shape index (κ2) is 8.26. The fourth-order valence-corrected chi connectivity index (χ4v) is 4.94. The van der Waals surface area contributed by atoms with E-state index in [1.54, 1.807) is 4.90 Å². The maximum atomic E-state index is 12.8. The highest BCUT2D eigenvalue weighted by molar-refractivity contribution is 7.89. The Labute approximate surface area is 175 Å². The number of nitrogens with zero attached hydrogens (tertiary/aromatic N) is 4. The second-order valence-corrected chi connectivity index (χ2v) is 9.01. The molecule has 0 bridgehead atoms. The van der Waals surface area contributed by atoms with Crippen molar-refractivity contribution in [3.05, 3.63) is 65.7 Å². The molecule has 1 unspecified atom stereocenters. The first-order chi connectivity index (χ1) is 14.5. The molecule has 0 saturated carbocycles. The van der Waals surface area contributed by atoms with Crippen LogP contribution in [0.4, 0.5) is 0 Å². The van der Waals surface area contributed by atoms with Crippen molar-refractivity contribution >= 4 is 21.6 Å². The van der Waals surface area contributed by atoms with Crippen molar-refractivity contribution in [3.8, 4) is 6.07 Å². The van der Waals surface area contributed by atoms with E-state index in [9.17, 15) is 13.2 Å². The molecule has 1 atom stereocenters. The summed E-state index contributed by atoms with van der Waals surface area (Å²) in [4.78, 5) is 19.9. The number of hydrogen-bond donors (Lipinski definition) is 0. The van der Waals surface area contributed by atoms with E-state index in [0.717, 1.165) is 11.3 Å². The number of sulfonamides is 1. The van der Waals surface area contributed by atoms with Crippen molar-refractivity contribution in [2.75, 3.05) is 26.2 Å². The average Bonchev–Trinajstić information content (AvgIpc) is 3.30.